The van der Waals surface area contributed by atoms with Gasteiger partial charge < -0.3 is 10.2 Å². The van der Waals surface area contributed by atoms with Crippen LogP contribution in [0.3, 0.4) is 0 Å². The summed E-state index contributed by atoms with van der Waals surface area (Å²) in [4.78, 5) is 28.7. The lowest BCUT2D eigenvalue weighted by Gasteiger charge is -2.32. The number of nitrogens with zero attached hydrogens (tertiary/aromatic N) is 1. The van der Waals surface area contributed by atoms with Gasteiger partial charge >= 0.3 is 0 Å². The normalized spacial score (nSPS) is 11.6. The zero-order chi connectivity index (χ0) is 23.6. The number of hydrogen-bond acceptors (Lipinski definition) is 2. The minimum Gasteiger partial charge on any atom is -0.354 e. The van der Waals surface area contributed by atoms with Crippen LogP contribution in [0, 0.1) is 13.8 Å². The molecule has 0 aromatic heterocycles. The molecule has 0 radical (unpaired) electrons. The van der Waals surface area contributed by atoms with Crippen LogP contribution in [0.15, 0.2) is 78.9 Å². The highest BCUT2D eigenvalue weighted by atomic mass is 16.2. The Morgan fingerprint density at radius 1 is 0.818 bits per heavy atom. The van der Waals surface area contributed by atoms with Gasteiger partial charge in [-0.15, -0.1) is 0 Å². The number of rotatable bonds is 10. The van der Waals surface area contributed by atoms with Crippen LogP contribution in [0.4, 0.5) is 0 Å². The second-order valence-electron chi connectivity index (χ2n) is 8.67. The molecule has 172 valence electrons. The molecule has 0 aliphatic carbocycles. The van der Waals surface area contributed by atoms with Crippen LogP contribution in [-0.2, 0) is 29.0 Å². The molecule has 0 spiro atoms. The number of carbonyl (C=O) groups excluding carboxylic acids is 2. The monoisotopic (exact) mass is 442 g/mol. The summed E-state index contributed by atoms with van der Waals surface area (Å²) < 4.78 is 0. The molecule has 3 aromatic rings. The fourth-order valence-electron chi connectivity index (χ4n) is 4.03. The Hall–Kier alpha value is -3.40. The van der Waals surface area contributed by atoms with Gasteiger partial charge in [0.2, 0.25) is 11.8 Å². The molecule has 1 atom stereocenters. The van der Waals surface area contributed by atoms with E-state index >= 15 is 0 Å². The predicted octanol–water partition coefficient (Wildman–Crippen LogP) is 5.01. The van der Waals surface area contributed by atoms with E-state index in [-0.39, 0.29) is 18.2 Å². The Kier molecular flexibility index (Phi) is 8.82. The number of carbonyl (C=O) groups is 2. The molecular formula is C29H34N2O2. The third-order valence-corrected chi connectivity index (χ3v) is 5.69. The van der Waals surface area contributed by atoms with E-state index in [4.69, 9.17) is 0 Å². The number of nitrogens with one attached hydrogen (secondary N) is 1. The zero-order valence-electron chi connectivity index (χ0n) is 19.9. The highest BCUT2D eigenvalue weighted by molar-refractivity contribution is 5.88. The first-order chi connectivity index (χ1) is 16.0. The molecule has 4 heteroatoms. The topological polar surface area (TPSA) is 49.4 Å². The highest BCUT2D eigenvalue weighted by Crippen LogP contribution is 2.17. The standard InChI is InChI=1S/C29H34N2O2/c1-4-16-30-29(33)27(19-24-12-6-5-7-13-24)31(21-26-15-9-11-23(3)18-26)28(32)20-25-14-8-10-22(2)17-25/h5-15,17-18,27H,4,16,19-21H2,1-3H3,(H,30,33)/t27-/m0/s1. The van der Waals surface area contributed by atoms with E-state index in [0.717, 1.165) is 34.2 Å². The van der Waals surface area contributed by atoms with Gasteiger partial charge in [0, 0.05) is 19.5 Å². The SMILES string of the molecule is CCCNC(=O)[C@H](Cc1ccccc1)N(Cc1cccc(C)c1)C(=O)Cc1cccc(C)c1. The third-order valence-electron chi connectivity index (χ3n) is 5.69. The van der Waals surface area contributed by atoms with Crippen molar-refractivity contribution in [3.63, 3.8) is 0 Å². The van der Waals surface area contributed by atoms with Crippen molar-refractivity contribution in [1.29, 1.82) is 0 Å². The fourth-order valence-corrected chi connectivity index (χ4v) is 4.03. The van der Waals surface area contributed by atoms with Crippen LogP contribution in [-0.4, -0.2) is 29.3 Å². The molecule has 1 N–H and O–H groups in total. The van der Waals surface area contributed by atoms with E-state index in [0.29, 0.717) is 19.5 Å². The maximum atomic E-state index is 13.7. The summed E-state index contributed by atoms with van der Waals surface area (Å²) in [6.45, 7) is 7.07. The zero-order valence-corrected chi connectivity index (χ0v) is 19.9. The fraction of sp³-hybridized carbons (Fsp3) is 0.310. The van der Waals surface area contributed by atoms with Gasteiger partial charge in [-0.25, -0.2) is 0 Å². The van der Waals surface area contributed by atoms with Crippen molar-refractivity contribution in [2.24, 2.45) is 0 Å². The molecule has 0 aliphatic heterocycles. The maximum absolute atomic E-state index is 13.7. The number of hydrogen-bond donors (Lipinski definition) is 1. The van der Waals surface area contributed by atoms with E-state index in [2.05, 4.69) is 11.4 Å². The van der Waals surface area contributed by atoms with Gasteiger partial charge in [0.15, 0.2) is 0 Å². The maximum Gasteiger partial charge on any atom is 0.243 e. The van der Waals surface area contributed by atoms with Crippen molar-refractivity contribution in [3.8, 4) is 0 Å². The number of amides is 2. The van der Waals surface area contributed by atoms with Crippen molar-refractivity contribution in [2.45, 2.75) is 52.6 Å². The van der Waals surface area contributed by atoms with Gasteiger partial charge in [-0.3, -0.25) is 9.59 Å². The van der Waals surface area contributed by atoms with Crippen LogP contribution in [0.2, 0.25) is 0 Å². The summed E-state index contributed by atoms with van der Waals surface area (Å²) in [7, 11) is 0. The van der Waals surface area contributed by atoms with Crippen molar-refractivity contribution < 1.29 is 9.59 Å². The molecule has 0 saturated carbocycles. The molecule has 3 rings (SSSR count). The summed E-state index contributed by atoms with van der Waals surface area (Å²) in [5.41, 5.74) is 5.27. The highest BCUT2D eigenvalue weighted by Gasteiger charge is 2.30. The molecule has 0 heterocycles. The first-order valence-electron chi connectivity index (χ1n) is 11.7. The smallest absolute Gasteiger partial charge is 0.243 e. The average molecular weight is 443 g/mol. The van der Waals surface area contributed by atoms with Gasteiger partial charge in [0.1, 0.15) is 6.04 Å². The first kappa shape index (κ1) is 24.2. The van der Waals surface area contributed by atoms with Crippen LogP contribution in [0.25, 0.3) is 0 Å². The largest absolute Gasteiger partial charge is 0.354 e. The van der Waals surface area contributed by atoms with Crippen LogP contribution in [0.5, 0.6) is 0 Å². The van der Waals surface area contributed by atoms with E-state index in [1.54, 1.807) is 4.90 Å². The Bertz CT molecular complexity index is 1060. The lowest BCUT2D eigenvalue weighted by Crippen LogP contribution is -2.51. The van der Waals surface area contributed by atoms with E-state index in [1.807, 2.05) is 93.6 Å². The molecule has 0 fully saturated rings. The van der Waals surface area contributed by atoms with Crippen molar-refractivity contribution >= 4 is 11.8 Å². The third kappa shape index (κ3) is 7.31. The van der Waals surface area contributed by atoms with Gasteiger partial charge in [-0.2, -0.15) is 0 Å². The molecule has 0 saturated heterocycles. The van der Waals surface area contributed by atoms with E-state index < -0.39 is 6.04 Å². The summed E-state index contributed by atoms with van der Waals surface area (Å²) >= 11 is 0. The molecule has 33 heavy (non-hydrogen) atoms. The predicted molar refractivity (Wildman–Crippen MR) is 134 cm³/mol. The van der Waals surface area contributed by atoms with Gasteiger partial charge in [0.05, 0.1) is 6.42 Å². The minimum absolute atomic E-state index is 0.0466. The van der Waals surface area contributed by atoms with Gasteiger partial charge in [-0.1, -0.05) is 96.9 Å². The van der Waals surface area contributed by atoms with Crippen LogP contribution >= 0.6 is 0 Å². The van der Waals surface area contributed by atoms with E-state index in [1.165, 1.54) is 0 Å². The second kappa shape index (κ2) is 12.0. The Morgan fingerprint density at radius 3 is 2.06 bits per heavy atom. The van der Waals surface area contributed by atoms with Crippen LogP contribution < -0.4 is 5.32 Å². The van der Waals surface area contributed by atoms with Crippen molar-refractivity contribution in [3.05, 3.63) is 107 Å². The Labute approximate surface area is 197 Å². The summed E-state index contributed by atoms with van der Waals surface area (Å²) in [5, 5.41) is 3.03. The molecule has 0 unspecified atom stereocenters. The number of aryl methyl sites for hydroxylation is 2. The summed E-state index contributed by atoms with van der Waals surface area (Å²) in [5.74, 6) is -0.152. The quantitative estimate of drug-likeness (QED) is 0.480. The molecular weight excluding hydrogens is 408 g/mol. The number of benzene rings is 3. The van der Waals surface area contributed by atoms with E-state index in [9.17, 15) is 9.59 Å². The molecule has 3 aromatic carbocycles. The van der Waals surface area contributed by atoms with Crippen LogP contribution in [0.1, 0.15) is 41.2 Å². The van der Waals surface area contributed by atoms with Crippen molar-refractivity contribution in [1.82, 2.24) is 10.2 Å². The Balaban J connectivity index is 1.95. The molecule has 4 nitrogen and oxygen atoms in total. The lowest BCUT2D eigenvalue weighted by molar-refractivity contribution is -0.140. The summed E-state index contributed by atoms with van der Waals surface area (Å²) in [6.07, 6.45) is 1.58. The van der Waals surface area contributed by atoms with Gasteiger partial charge in [0.25, 0.3) is 0 Å². The summed E-state index contributed by atoms with van der Waals surface area (Å²) in [6, 6.07) is 25.5. The molecule has 0 aliphatic rings. The lowest BCUT2D eigenvalue weighted by atomic mass is 10.0. The first-order valence-corrected chi connectivity index (χ1v) is 11.7. The second-order valence-corrected chi connectivity index (χ2v) is 8.67. The average Bonchev–Trinajstić information content (AvgIpc) is 2.80. The van der Waals surface area contributed by atoms with Crippen molar-refractivity contribution in [2.75, 3.05) is 6.54 Å². The molecule has 2 amide bonds. The van der Waals surface area contributed by atoms with Gasteiger partial charge in [-0.05, 0) is 37.0 Å². The Morgan fingerprint density at radius 2 is 1.42 bits per heavy atom. The minimum atomic E-state index is -0.586. The molecule has 0 bridgehead atoms.